The van der Waals surface area contributed by atoms with Crippen LogP contribution in [0.5, 0.6) is 0 Å². The molecule has 0 amide bonds. The molecular weight excluding hydrogens is 655 g/mol. The standard InChI is InChI=1S/C21H25.C20H15.2ClH.Zr/c1-20(2,3)16-7-9-18-14(12-16)11-15-13-17(21(4,5)6)8-10-19(15)18;1-14-17-10-4-3-8-16(17)13-20(14)19-12-6-9-15-7-2-5-11-18(15)19;;;/h7-13H,1-6H3;2-13H,1H3;2*1H;/q;;;;+2/p-2. The summed E-state index contributed by atoms with van der Waals surface area (Å²) in [5.74, 6) is 0. The molecule has 0 fully saturated rings. The van der Waals surface area contributed by atoms with E-state index < -0.39 is 23.2 Å². The first-order valence-corrected chi connectivity index (χ1v) is 18.2. The van der Waals surface area contributed by atoms with Gasteiger partial charge in [0.05, 0.1) is 0 Å². The maximum absolute atomic E-state index is 2.58. The van der Waals surface area contributed by atoms with Crippen molar-refractivity contribution < 1.29 is 48.0 Å². The fraction of sp³-hybridized carbons (Fsp3) is 0.268. The van der Waals surface area contributed by atoms with Crippen LogP contribution < -0.4 is 24.8 Å². The minimum absolute atomic E-state index is 0. The summed E-state index contributed by atoms with van der Waals surface area (Å²) in [6.07, 6.45) is 0. The SMILES string of the molecule is CC1=C(c2cccc3ccccc23)[CH]([Zr+2][CH]2c3cc(C(C)(C)C)ccc3-c3ccc(C(C)(C)C)cc32)c2ccccc21.[Cl-].[Cl-]. The van der Waals surface area contributed by atoms with Crippen molar-refractivity contribution in [2.75, 3.05) is 0 Å². The average Bonchev–Trinajstić information content (AvgIpc) is 3.43. The van der Waals surface area contributed by atoms with E-state index in [0.29, 0.717) is 7.25 Å². The zero-order valence-corrected chi connectivity index (χ0v) is 30.7. The van der Waals surface area contributed by atoms with E-state index in [2.05, 4.69) is 152 Å². The summed E-state index contributed by atoms with van der Waals surface area (Å²) in [5.41, 5.74) is 16.7. The van der Waals surface area contributed by atoms with Crippen LogP contribution in [-0.2, 0) is 34.1 Å². The van der Waals surface area contributed by atoms with Gasteiger partial charge < -0.3 is 24.8 Å². The minimum atomic E-state index is -1.13. The van der Waals surface area contributed by atoms with Gasteiger partial charge in [-0.15, -0.1) is 0 Å². The molecule has 0 bridgehead atoms. The Hall–Kier alpha value is -2.44. The zero-order chi connectivity index (χ0) is 29.4. The van der Waals surface area contributed by atoms with Gasteiger partial charge in [-0.2, -0.15) is 0 Å². The van der Waals surface area contributed by atoms with Gasteiger partial charge in [0.2, 0.25) is 0 Å². The molecule has 0 saturated carbocycles. The van der Waals surface area contributed by atoms with Gasteiger partial charge in [-0.25, -0.2) is 0 Å². The summed E-state index contributed by atoms with van der Waals surface area (Å²) in [6.45, 7) is 16.5. The first-order chi connectivity index (χ1) is 20.0. The Kier molecular flexibility index (Phi) is 9.03. The van der Waals surface area contributed by atoms with Gasteiger partial charge in [0.15, 0.2) is 0 Å². The summed E-state index contributed by atoms with van der Waals surface area (Å²) in [5, 5.41) is 2.71. The monoisotopic (exact) mass is 692 g/mol. The molecule has 0 heterocycles. The number of hydrogen-bond acceptors (Lipinski definition) is 0. The maximum Gasteiger partial charge on any atom is -1.00 e. The number of benzene rings is 5. The Labute approximate surface area is 287 Å². The van der Waals surface area contributed by atoms with Crippen LogP contribution in [0.15, 0.2) is 103 Å². The van der Waals surface area contributed by atoms with E-state index in [1.165, 1.54) is 49.7 Å². The summed E-state index contributed by atoms with van der Waals surface area (Å²) >= 11 is -1.13. The van der Waals surface area contributed by atoms with Crippen LogP contribution in [0.2, 0.25) is 0 Å². The second-order valence-electron chi connectivity index (χ2n) is 14.3. The topological polar surface area (TPSA) is 0 Å². The smallest absolute Gasteiger partial charge is 1.00 e. The first-order valence-electron chi connectivity index (χ1n) is 15.4. The van der Waals surface area contributed by atoms with Gasteiger partial charge in [0.25, 0.3) is 0 Å². The minimum Gasteiger partial charge on any atom is -1.00 e. The van der Waals surface area contributed by atoms with Crippen LogP contribution in [0.1, 0.15) is 94.7 Å². The molecule has 0 radical (unpaired) electrons. The molecular formula is C41H40Cl2Zr. The van der Waals surface area contributed by atoms with E-state index in [-0.39, 0.29) is 35.6 Å². The molecule has 0 saturated heterocycles. The van der Waals surface area contributed by atoms with Crippen LogP contribution in [0.4, 0.5) is 0 Å². The zero-order valence-electron chi connectivity index (χ0n) is 26.7. The molecule has 0 aliphatic heterocycles. The van der Waals surface area contributed by atoms with Crippen molar-refractivity contribution in [1.82, 2.24) is 0 Å². The maximum atomic E-state index is 2.58. The van der Waals surface area contributed by atoms with E-state index in [1.807, 2.05) is 0 Å². The molecule has 2 aliphatic rings. The Bertz CT molecular complexity index is 1830. The van der Waals surface area contributed by atoms with Crippen molar-refractivity contribution in [3.63, 3.8) is 0 Å². The molecule has 2 aliphatic carbocycles. The molecule has 3 heteroatoms. The van der Waals surface area contributed by atoms with Gasteiger partial charge in [0, 0.05) is 0 Å². The summed E-state index contributed by atoms with van der Waals surface area (Å²) in [7, 11) is 0. The Morgan fingerprint density at radius 2 is 1.02 bits per heavy atom. The second-order valence-corrected chi connectivity index (χ2v) is 17.9. The van der Waals surface area contributed by atoms with Crippen molar-refractivity contribution in [2.24, 2.45) is 0 Å². The Balaban J connectivity index is 0.00000192. The van der Waals surface area contributed by atoms with Crippen molar-refractivity contribution >= 4 is 21.9 Å². The number of fused-ring (bicyclic) bond motifs is 5. The summed E-state index contributed by atoms with van der Waals surface area (Å²) in [4.78, 5) is 0. The number of hydrogen-bond donors (Lipinski definition) is 0. The second kappa shape index (κ2) is 12.1. The summed E-state index contributed by atoms with van der Waals surface area (Å²) in [6, 6.07) is 39.9. The van der Waals surface area contributed by atoms with Crippen LogP contribution in [0.3, 0.4) is 0 Å². The Morgan fingerprint density at radius 1 is 0.500 bits per heavy atom. The molecule has 0 nitrogen and oxygen atoms in total. The van der Waals surface area contributed by atoms with Gasteiger partial charge in [-0.05, 0) is 0 Å². The molecule has 0 N–H and O–H groups in total. The number of halogens is 2. The number of allylic oxidation sites excluding steroid dienone is 2. The number of rotatable bonds is 3. The fourth-order valence-corrected chi connectivity index (χ4v) is 12.4. The van der Waals surface area contributed by atoms with Gasteiger partial charge in [0.1, 0.15) is 0 Å². The van der Waals surface area contributed by atoms with Crippen LogP contribution in [0.25, 0.3) is 33.0 Å². The van der Waals surface area contributed by atoms with Crippen molar-refractivity contribution in [3.8, 4) is 11.1 Å². The van der Waals surface area contributed by atoms with Gasteiger partial charge in [-0.1, -0.05) is 0 Å². The fourth-order valence-electron chi connectivity index (χ4n) is 7.14. The quantitative estimate of drug-likeness (QED) is 0.241. The third-order valence-corrected chi connectivity index (χ3v) is 14.2. The molecule has 7 rings (SSSR count). The van der Waals surface area contributed by atoms with E-state index in [1.54, 1.807) is 22.3 Å². The molecule has 0 spiro atoms. The molecule has 222 valence electrons. The van der Waals surface area contributed by atoms with E-state index in [4.69, 9.17) is 0 Å². The summed E-state index contributed by atoms with van der Waals surface area (Å²) < 4.78 is 1.01. The van der Waals surface area contributed by atoms with Crippen LogP contribution >= 0.6 is 0 Å². The van der Waals surface area contributed by atoms with E-state index >= 15 is 0 Å². The third-order valence-electron chi connectivity index (χ3n) is 9.53. The molecule has 0 aromatic heterocycles. The van der Waals surface area contributed by atoms with Crippen molar-refractivity contribution in [1.29, 1.82) is 0 Å². The van der Waals surface area contributed by atoms with Crippen molar-refractivity contribution in [2.45, 2.75) is 66.5 Å². The van der Waals surface area contributed by atoms with E-state index in [9.17, 15) is 0 Å². The van der Waals surface area contributed by atoms with Gasteiger partial charge in [-0.3, -0.25) is 0 Å². The molecule has 44 heavy (non-hydrogen) atoms. The molecule has 5 aromatic carbocycles. The molecule has 1 unspecified atom stereocenters. The first kappa shape index (κ1) is 32.9. The normalized spacial score (nSPS) is 15.7. The predicted molar refractivity (Wildman–Crippen MR) is 177 cm³/mol. The van der Waals surface area contributed by atoms with Crippen molar-refractivity contribution in [3.05, 3.63) is 142 Å². The van der Waals surface area contributed by atoms with Crippen LogP contribution in [0, 0.1) is 0 Å². The molecule has 1 atom stereocenters. The van der Waals surface area contributed by atoms with Crippen LogP contribution in [-0.4, -0.2) is 0 Å². The Morgan fingerprint density at radius 3 is 1.64 bits per heavy atom. The largest absolute Gasteiger partial charge is 1.00 e. The van der Waals surface area contributed by atoms with E-state index in [0.717, 1.165) is 0 Å². The van der Waals surface area contributed by atoms with Gasteiger partial charge >= 0.3 is 265 Å². The average molecular weight is 695 g/mol. The molecule has 5 aromatic rings. The third kappa shape index (κ3) is 5.49. The predicted octanol–water partition coefficient (Wildman–Crippen LogP) is 5.28.